The summed E-state index contributed by atoms with van der Waals surface area (Å²) in [6.07, 6.45) is 2.21. The fraction of sp³-hybridized carbons (Fsp3) is 0.200. The van der Waals surface area contributed by atoms with Crippen LogP contribution in [0.1, 0.15) is 12.0 Å². The van der Waals surface area contributed by atoms with Crippen LogP contribution in [0.3, 0.4) is 0 Å². The Hall–Kier alpha value is 0.1000. The van der Waals surface area contributed by atoms with Crippen molar-refractivity contribution in [2.45, 2.75) is 22.6 Å². The van der Waals surface area contributed by atoms with Gasteiger partial charge in [-0.05, 0) is 53.2 Å². The topological polar surface area (TPSA) is 0 Å². The molecule has 0 unspecified atom stereocenters. The molecule has 2 rings (SSSR count). The second kappa shape index (κ2) is 7.77. The molecule has 0 bridgehead atoms. The first-order valence-corrected chi connectivity index (χ1v) is 9.06. The predicted molar refractivity (Wildman–Crippen MR) is 94.2 cm³/mol. The quantitative estimate of drug-likeness (QED) is 0.390. The maximum Gasteiger partial charge on any atom is 0.0449 e. The lowest BCUT2D eigenvalue weighted by atomic mass is 10.1. The molecule has 2 aromatic carbocycles. The van der Waals surface area contributed by atoms with Crippen LogP contribution in [-0.2, 0) is 6.42 Å². The predicted octanol–water partition coefficient (Wildman–Crippen LogP) is 6.51. The highest BCUT2D eigenvalue weighted by Crippen LogP contribution is 2.32. The van der Waals surface area contributed by atoms with Crippen LogP contribution in [0.25, 0.3) is 0 Å². The summed E-state index contributed by atoms with van der Waals surface area (Å²) in [5.41, 5.74) is 1.23. The summed E-state index contributed by atoms with van der Waals surface area (Å²) in [6, 6.07) is 14.1. The van der Waals surface area contributed by atoms with E-state index in [0.29, 0.717) is 0 Å². The van der Waals surface area contributed by atoms with Gasteiger partial charge < -0.3 is 0 Å². The van der Waals surface area contributed by atoms with E-state index < -0.39 is 0 Å². The fourth-order valence-electron chi connectivity index (χ4n) is 1.72. The van der Waals surface area contributed by atoms with E-state index >= 15 is 0 Å². The van der Waals surface area contributed by atoms with Gasteiger partial charge in [-0.1, -0.05) is 69.7 Å². The maximum absolute atomic E-state index is 6.32. The molecule has 0 N–H and O–H groups in total. The monoisotopic (exact) mass is 422 g/mol. The van der Waals surface area contributed by atoms with Gasteiger partial charge in [0.1, 0.15) is 0 Å². The second-order valence-electron chi connectivity index (χ2n) is 4.11. The average molecular weight is 423 g/mol. The molecule has 0 nitrogen and oxygen atoms in total. The average Bonchev–Trinajstić information content (AvgIpc) is 2.38. The summed E-state index contributed by atoms with van der Waals surface area (Å²) in [4.78, 5) is 2.27. The van der Waals surface area contributed by atoms with Gasteiger partial charge in [0.15, 0.2) is 0 Å². The van der Waals surface area contributed by atoms with Crippen molar-refractivity contribution in [3.8, 4) is 0 Å². The molecule has 0 amide bonds. The number of benzene rings is 2. The molecule has 100 valence electrons. The highest BCUT2D eigenvalue weighted by Gasteiger charge is 2.04. The SMILES string of the molecule is Clc1cccc(Sc2ccc(CCCI)c(Cl)c2)c1. The van der Waals surface area contributed by atoms with Crippen LogP contribution in [0.5, 0.6) is 0 Å². The zero-order valence-electron chi connectivity index (χ0n) is 10.2. The molecule has 0 atom stereocenters. The first-order chi connectivity index (χ1) is 9.19. The normalized spacial score (nSPS) is 10.7. The number of aryl methyl sites for hydroxylation is 1. The van der Waals surface area contributed by atoms with Crippen molar-refractivity contribution in [3.63, 3.8) is 0 Å². The van der Waals surface area contributed by atoms with Crippen molar-refractivity contribution in [1.82, 2.24) is 0 Å². The molecule has 0 spiro atoms. The zero-order valence-corrected chi connectivity index (χ0v) is 14.7. The van der Waals surface area contributed by atoms with Gasteiger partial charge in [0, 0.05) is 19.8 Å². The van der Waals surface area contributed by atoms with E-state index in [1.54, 1.807) is 11.8 Å². The molecule has 4 heteroatoms. The molecular formula is C15H13Cl2IS. The van der Waals surface area contributed by atoms with Gasteiger partial charge in [-0.25, -0.2) is 0 Å². The Labute approximate surface area is 142 Å². The molecule has 0 saturated heterocycles. The van der Waals surface area contributed by atoms with Crippen LogP contribution in [0.2, 0.25) is 10.0 Å². The number of alkyl halides is 1. The van der Waals surface area contributed by atoms with Crippen LogP contribution in [0.4, 0.5) is 0 Å². The van der Waals surface area contributed by atoms with Crippen molar-refractivity contribution >= 4 is 57.6 Å². The Kier molecular flexibility index (Phi) is 6.33. The van der Waals surface area contributed by atoms with Gasteiger partial charge in [-0.15, -0.1) is 0 Å². The molecule has 19 heavy (non-hydrogen) atoms. The van der Waals surface area contributed by atoms with Crippen molar-refractivity contribution < 1.29 is 0 Å². The summed E-state index contributed by atoms with van der Waals surface area (Å²) < 4.78 is 1.16. The Bertz CT molecular complexity index is 558. The van der Waals surface area contributed by atoms with Gasteiger partial charge in [-0.3, -0.25) is 0 Å². The van der Waals surface area contributed by atoms with Gasteiger partial charge in [0.25, 0.3) is 0 Å². The Morgan fingerprint density at radius 1 is 1.00 bits per heavy atom. The molecular weight excluding hydrogens is 410 g/mol. The van der Waals surface area contributed by atoms with Crippen LogP contribution < -0.4 is 0 Å². The van der Waals surface area contributed by atoms with E-state index in [0.717, 1.165) is 30.7 Å². The summed E-state index contributed by atoms with van der Waals surface area (Å²) in [5.74, 6) is 0. The minimum Gasteiger partial charge on any atom is -0.0900 e. The first-order valence-electron chi connectivity index (χ1n) is 5.97. The number of hydrogen-bond acceptors (Lipinski definition) is 1. The molecule has 0 aromatic heterocycles. The van der Waals surface area contributed by atoms with Gasteiger partial charge >= 0.3 is 0 Å². The van der Waals surface area contributed by atoms with Crippen molar-refractivity contribution in [2.75, 3.05) is 4.43 Å². The molecule has 0 aliphatic carbocycles. The standard InChI is InChI=1S/C15H13Cl2IS/c16-12-4-1-5-13(9-12)19-14-7-6-11(3-2-8-18)15(17)10-14/h1,4-7,9-10H,2-3,8H2. The second-order valence-corrected chi connectivity index (χ2v) is 7.17. The van der Waals surface area contributed by atoms with Crippen LogP contribution in [-0.4, -0.2) is 4.43 Å². The lowest BCUT2D eigenvalue weighted by molar-refractivity contribution is 0.944. The number of halogens is 3. The fourth-order valence-corrected chi connectivity index (χ4v) is 3.61. The van der Waals surface area contributed by atoms with E-state index in [2.05, 4.69) is 40.8 Å². The maximum atomic E-state index is 6.32. The lowest BCUT2D eigenvalue weighted by Crippen LogP contribution is -1.88. The molecule has 2 aromatic rings. The smallest absolute Gasteiger partial charge is 0.0449 e. The third kappa shape index (κ3) is 4.85. The Morgan fingerprint density at radius 3 is 2.47 bits per heavy atom. The molecule has 0 heterocycles. The van der Waals surface area contributed by atoms with E-state index in [1.165, 1.54) is 12.0 Å². The largest absolute Gasteiger partial charge is 0.0900 e. The van der Waals surface area contributed by atoms with Gasteiger partial charge in [-0.2, -0.15) is 0 Å². The van der Waals surface area contributed by atoms with Crippen molar-refractivity contribution in [1.29, 1.82) is 0 Å². The van der Waals surface area contributed by atoms with Crippen molar-refractivity contribution in [2.24, 2.45) is 0 Å². The van der Waals surface area contributed by atoms with E-state index in [1.807, 2.05) is 24.3 Å². The molecule has 0 aliphatic heterocycles. The molecule has 0 radical (unpaired) electrons. The van der Waals surface area contributed by atoms with Gasteiger partial charge in [0.05, 0.1) is 0 Å². The molecule has 0 aliphatic rings. The Balaban J connectivity index is 2.11. The number of hydrogen-bond donors (Lipinski definition) is 0. The third-order valence-electron chi connectivity index (χ3n) is 2.64. The zero-order chi connectivity index (χ0) is 13.7. The number of rotatable bonds is 5. The molecule has 0 fully saturated rings. The summed E-state index contributed by atoms with van der Waals surface area (Å²) >= 11 is 16.4. The molecule has 0 saturated carbocycles. The van der Waals surface area contributed by atoms with Gasteiger partial charge in [0.2, 0.25) is 0 Å². The van der Waals surface area contributed by atoms with Crippen LogP contribution >= 0.6 is 57.6 Å². The van der Waals surface area contributed by atoms with E-state index in [9.17, 15) is 0 Å². The highest BCUT2D eigenvalue weighted by molar-refractivity contribution is 14.1. The van der Waals surface area contributed by atoms with Crippen LogP contribution in [0.15, 0.2) is 52.3 Å². The summed E-state index contributed by atoms with van der Waals surface area (Å²) in [6.45, 7) is 0. The van der Waals surface area contributed by atoms with E-state index in [-0.39, 0.29) is 0 Å². The minimum absolute atomic E-state index is 0.759. The Morgan fingerprint density at radius 2 is 1.79 bits per heavy atom. The highest BCUT2D eigenvalue weighted by atomic mass is 127. The summed E-state index contributed by atoms with van der Waals surface area (Å²) in [5, 5.41) is 1.62. The third-order valence-corrected chi connectivity index (χ3v) is 4.97. The van der Waals surface area contributed by atoms with Crippen molar-refractivity contribution in [3.05, 3.63) is 58.1 Å². The lowest BCUT2D eigenvalue weighted by Gasteiger charge is -2.07. The van der Waals surface area contributed by atoms with Crippen LogP contribution in [0, 0.1) is 0 Å². The van der Waals surface area contributed by atoms with E-state index in [4.69, 9.17) is 23.2 Å². The minimum atomic E-state index is 0.759. The summed E-state index contributed by atoms with van der Waals surface area (Å²) in [7, 11) is 0. The first kappa shape index (κ1) is 15.5.